The molecule has 0 aromatic carbocycles. The van der Waals surface area contributed by atoms with E-state index in [1.165, 1.54) is 17.4 Å². The predicted molar refractivity (Wildman–Crippen MR) is 117 cm³/mol. The van der Waals surface area contributed by atoms with Crippen LogP contribution in [0.2, 0.25) is 0 Å². The number of carbonyl (C=O) groups excluding carboxylic acids is 2. The van der Waals surface area contributed by atoms with Gasteiger partial charge in [-0.2, -0.15) is 18.3 Å². The van der Waals surface area contributed by atoms with Crippen LogP contribution >= 0.6 is 11.3 Å². The van der Waals surface area contributed by atoms with Crippen LogP contribution < -0.4 is 10.6 Å². The molecule has 0 spiro atoms. The molecule has 2 aliphatic carbocycles. The van der Waals surface area contributed by atoms with Crippen molar-refractivity contribution in [1.82, 2.24) is 9.78 Å². The van der Waals surface area contributed by atoms with Gasteiger partial charge in [0.1, 0.15) is 10.8 Å². The van der Waals surface area contributed by atoms with Gasteiger partial charge in [0, 0.05) is 17.0 Å². The zero-order chi connectivity index (χ0) is 23.3. The molecule has 33 heavy (non-hydrogen) atoms. The first-order valence-corrected chi connectivity index (χ1v) is 12.1. The van der Waals surface area contributed by atoms with E-state index in [0.29, 0.717) is 10.6 Å². The second kappa shape index (κ2) is 8.34. The van der Waals surface area contributed by atoms with Crippen LogP contribution in [0.15, 0.2) is 6.07 Å². The average molecular weight is 483 g/mol. The molecule has 11 heteroatoms. The third kappa shape index (κ3) is 4.22. The van der Waals surface area contributed by atoms with Gasteiger partial charge in [-0.1, -0.05) is 0 Å². The Bertz CT molecular complexity index is 1090. The Kier molecular flexibility index (Phi) is 5.62. The zero-order valence-corrected chi connectivity index (χ0v) is 18.9. The van der Waals surface area contributed by atoms with E-state index in [-0.39, 0.29) is 36.5 Å². The van der Waals surface area contributed by atoms with E-state index in [1.54, 1.807) is 6.92 Å². The number of fused-ring (bicyclic) bond motifs is 2. The van der Waals surface area contributed by atoms with Crippen LogP contribution in [0.5, 0.6) is 0 Å². The van der Waals surface area contributed by atoms with Crippen LogP contribution in [0.3, 0.4) is 0 Å². The maximum atomic E-state index is 13.7. The number of esters is 1. The number of anilines is 2. The Balaban J connectivity index is 1.44. The fraction of sp³-hybridized carbons (Fsp3) is 0.591. The van der Waals surface area contributed by atoms with E-state index in [4.69, 9.17) is 4.74 Å². The fourth-order valence-electron chi connectivity index (χ4n) is 4.76. The molecule has 0 radical (unpaired) electrons. The number of rotatable bonds is 5. The lowest BCUT2D eigenvalue weighted by Crippen LogP contribution is -2.40. The first kappa shape index (κ1) is 22.2. The molecule has 2 aromatic rings. The van der Waals surface area contributed by atoms with E-state index in [1.807, 2.05) is 0 Å². The Morgan fingerprint density at radius 2 is 2.06 bits per heavy atom. The van der Waals surface area contributed by atoms with Crippen molar-refractivity contribution in [3.63, 3.8) is 0 Å². The second-order valence-corrected chi connectivity index (χ2v) is 9.94. The van der Waals surface area contributed by atoms with Crippen molar-refractivity contribution in [2.45, 2.75) is 70.1 Å². The summed E-state index contributed by atoms with van der Waals surface area (Å²) in [5.41, 5.74) is 1.13. The van der Waals surface area contributed by atoms with Gasteiger partial charge in [-0.15, -0.1) is 11.3 Å². The van der Waals surface area contributed by atoms with E-state index >= 15 is 0 Å². The van der Waals surface area contributed by atoms with E-state index < -0.39 is 24.1 Å². The number of nitrogens with one attached hydrogen (secondary N) is 2. The first-order chi connectivity index (χ1) is 15.8. The van der Waals surface area contributed by atoms with Crippen molar-refractivity contribution >= 4 is 34.0 Å². The number of ether oxygens (including phenoxy) is 1. The fourth-order valence-corrected chi connectivity index (χ4v) is 6.03. The van der Waals surface area contributed by atoms with Crippen LogP contribution in [0.4, 0.5) is 24.0 Å². The molecule has 1 saturated carbocycles. The Labute approximate surface area is 192 Å². The molecule has 7 nitrogen and oxygen atoms in total. The Morgan fingerprint density at radius 1 is 1.30 bits per heavy atom. The number of halogens is 3. The molecule has 1 amide bonds. The van der Waals surface area contributed by atoms with Crippen molar-refractivity contribution in [2.75, 3.05) is 17.2 Å². The van der Waals surface area contributed by atoms with Gasteiger partial charge in [0.15, 0.2) is 11.7 Å². The minimum absolute atomic E-state index is 0.103. The largest absolute Gasteiger partial charge is 0.462 e. The molecule has 178 valence electrons. The highest BCUT2D eigenvalue weighted by Gasteiger charge is 2.49. The molecule has 5 rings (SSSR count). The number of aromatic nitrogens is 2. The molecule has 3 aliphatic rings. The second-order valence-electron chi connectivity index (χ2n) is 8.83. The number of thiophene rings is 1. The smallest absolute Gasteiger partial charge is 0.410 e. The molecule has 0 saturated heterocycles. The molecule has 2 N–H and O–H groups in total. The molecular formula is C22H25F3N4O3S. The number of hydrogen-bond donors (Lipinski definition) is 2. The first-order valence-electron chi connectivity index (χ1n) is 11.3. The van der Waals surface area contributed by atoms with E-state index in [2.05, 4.69) is 15.7 Å². The molecule has 2 atom stereocenters. The van der Waals surface area contributed by atoms with Gasteiger partial charge in [-0.3, -0.25) is 4.79 Å². The minimum atomic E-state index is -4.46. The minimum Gasteiger partial charge on any atom is -0.462 e. The zero-order valence-electron chi connectivity index (χ0n) is 18.1. The SMILES string of the molecule is CCOC(=O)c1c(NC(=O)c2cc3n(n2)[C@H](C(F)(F)F)C[C@@H](C2CC2)N3)sc2c1CCCC2. The maximum Gasteiger partial charge on any atom is 0.410 e. The third-order valence-electron chi connectivity index (χ3n) is 6.52. The highest BCUT2D eigenvalue weighted by Crippen LogP contribution is 2.46. The normalized spacial score (nSPS) is 22.2. The van der Waals surface area contributed by atoms with Gasteiger partial charge in [0.2, 0.25) is 0 Å². The molecule has 0 bridgehead atoms. The summed E-state index contributed by atoms with van der Waals surface area (Å²) in [6.07, 6.45) is 0.748. The molecule has 1 aliphatic heterocycles. The third-order valence-corrected chi connectivity index (χ3v) is 7.73. The summed E-state index contributed by atoms with van der Waals surface area (Å²) in [5.74, 6) is -0.726. The monoisotopic (exact) mass is 482 g/mol. The summed E-state index contributed by atoms with van der Waals surface area (Å²) in [6.45, 7) is 1.92. The number of alkyl halides is 3. The van der Waals surface area contributed by atoms with Crippen molar-refractivity contribution < 1.29 is 27.5 Å². The van der Waals surface area contributed by atoms with Gasteiger partial charge in [-0.25, -0.2) is 9.48 Å². The summed E-state index contributed by atoms with van der Waals surface area (Å²) < 4.78 is 47.3. The van der Waals surface area contributed by atoms with Gasteiger partial charge >= 0.3 is 12.1 Å². The van der Waals surface area contributed by atoms with Crippen molar-refractivity contribution in [3.05, 3.63) is 27.8 Å². The number of hydrogen-bond acceptors (Lipinski definition) is 6. The number of nitrogens with zero attached hydrogens (tertiary/aromatic N) is 2. The van der Waals surface area contributed by atoms with Gasteiger partial charge in [-0.05, 0) is 63.4 Å². The van der Waals surface area contributed by atoms with Crippen molar-refractivity contribution in [3.8, 4) is 0 Å². The molecular weight excluding hydrogens is 457 g/mol. The summed E-state index contributed by atoms with van der Waals surface area (Å²) in [4.78, 5) is 26.7. The lowest BCUT2D eigenvalue weighted by molar-refractivity contribution is -0.174. The van der Waals surface area contributed by atoms with Crippen LogP contribution in [0.1, 0.15) is 76.4 Å². The average Bonchev–Trinajstić information content (AvgIpc) is 3.41. The number of aryl methyl sites for hydroxylation is 1. The van der Waals surface area contributed by atoms with Crippen molar-refractivity contribution in [2.24, 2.45) is 5.92 Å². The predicted octanol–water partition coefficient (Wildman–Crippen LogP) is 4.95. The number of carbonyl (C=O) groups is 2. The maximum absolute atomic E-state index is 13.7. The summed E-state index contributed by atoms with van der Waals surface area (Å²) in [5, 5.41) is 10.2. The summed E-state index contributed by atoms with van der Waals surface area (Å²) >= 11 is 1.33. The lowest BCUT2D eigenvalue weighted by Gasteiger charge is -2.33. The van der Waals surface area contributed by atoms with Crippen LogP contribution in [-0.2, 0) is 17.6 Å². The molecule has 0 unspecified atom stereocenters. The van der Waals surface area contributed by atoms with Crippen molar-refractivity contribution in [1.29, 1.82) is 0 Å². The quantitative estimate of drug-likeness (QED) is 0.589. The number of amides is 1. The molecule has 2 aromatic heterocycles. The van der Waals surface area contributed by atoms with Gasteiger partial charge < -0.3 is 15.4 Å². The molecule has 1 fully saturated rings. The summed E-state index contributed by atoms with van der Waals surface area (Å²) in [6, 6.07) is -0.693. The highest BCUT2D eigenvalue weighted by molar-refractivity contribution is 7.17. The van der Waals surface area contributed by atoms with E-state index in [0.717, 1.165) is 53.6 Å². The van der Waals surface area contributed by atoms with Crippen LogP contribution in [0.25, 0.3) is 0 Å². The van der Waals surface area contributed by atoms with E-state index in [9.17, 15) is 22.8 Å². The summed E-state index contributed by atoms with van der Waals surface area (Å²) in [7, 11) is 0. The highest BCUT2D eigenvalue weighted by atomic mass is 32.1. The van der Waals surface area contributed by atoms with Crippen LogP contribution in [0, 0.1) is 5.92 Å². The van der Waals surface area contributed by atoms with Crippen LogP contribution in [-0.4, -0.2) is 40.5 Å². The Morgan fingerprint density at radius 3 is 2.76 bits per heavy atom. The Hall–Kier alpha value is -2.56. The lowest BCUT2D eigenvalue weighted by atomic mass is 9.95. The standard InChI is InChI=1S/C22H25F3N4O3S/c1-2-32-21(31)18-12-5-3-4-6-15(12)33-20(18)27-19(30)14-10-17-26-13(11-7-8-11)9-16(22(23,24)25)29(17)28-14/h10-11,13,16,26H,2-9H2,1H3,(H,27,30)/t13-,16-/m0/s1. The topological polar surface area (TPSA) is 85.2 Å². The van der Waals surface area contributed by atoms with Gasteiger partial charge in [0.05, 0.1) is 12.2 Å². The van der Waals surface area contributed by atoms with Gasteiger partial charge in [0.25, 0.3) is 5.91 Å². The molecule has 3 heterocycles.